The fourth-order valence-corrected chi connectivity index (χ4v) is 7.06. The summed E-state index contributed by atoms with van der Waals surface area (Å²) in [4.78, 5) is 0. The third-order valence-electron chi connectivity index (χ3n) is 3.66. The predicted octanol–water partition coefficient (Wildman–Crippen LogP) is 5.54. The second-order valence-electron chi connectivity index (χ2n) is 5.37. The topological polar surface area (TPSA) is 9.23 Å². The van der Waals surface area contributed by atoms with Crippen molar-refractivity contribution in [3.63, 3.8) is 0 Å². The lowest BCUT2D eigenvalue weighted by Crippen LogP contribution is -2.38. The first kappa shape index (κ1) is 18.5. The fraction of sp³-hybridized carbons (Fsp3) is 0.765. The Hall–Kier alpha value is -0.523. The molecule has 0 aromatic carbocycles. The summed E-state index contributed by atoms with van der Waals surface area (Å²) < 4.78 is 6.39. The highest BCUT2D eigenvalue weighted by Crippen LogP contribution is 2.29. The number of unbranched alkanes of at least 4 members (excludes halogenated alkanes) is 3. The third kappa shape index (κ3) is 9.08. The Morgan fingerprint density at radius 1 is 0.947 bits per heavy atom. The van der Waals surface area contributed by atoms with Crippen LogP contribution in [0.1, 0.15) is 59.3 Å². The molecule has 2 heteroatoms. The van der Waals surface area contributed by atoms with E-state index in [1.165, 1.54) is 56.7 Å². The Balaban J connectivity index is 4.56. The van der Waals surface area contributed by atoms with Gasteiger partial charge in [-0.05, 0) is 24.2 Å². The van der Waals surface area contributed by atoms with Gasteiger partial charge < -0.3 is 4.43 Å². The van der Waals surface area contributed by atoms with Gasteiger partial charge in [-0.15, -0.1) is 6.42 Å². The van der Waals surface area contributed by atoms with Crippen molar-refractivity contribution in [2.75, 3.05) is 6.61 Å². The molecule has 0 aliphatic rings. The van der Waals surface area contributed by atoms with Gasteiger partial charge in [-0.3, -0.25) is 0 Å². The van der Waals surface area contributed by atoms with Gasteiger partial charge in [0.2, 0.25) is 0 Å². The first-order valence-corrected chi connectivity index (χ1v) is 10.5. The molecule has 0 heterocycles. The Kier molecular flexibility index (Phi) is 12.2. The van der Waals surface area contributed by atoms with E-state index in [-0.39, 0.29) is 0 Å². The SMILES string of the molecule is C#C/C=C/CO[Si](CCCC)(CCCC)CCCC. The van der Waals surface area contributed by atoms with Crippen LogP contribution < -0.4 is 0 Å². The van der Waals surface area contributed by atoms with Gasteiger partial charge in [0.25, 0.3) is 0 Å². The molecular formula is C17H32OSi. The van der Waals surface area contributed by atoms with Crippen molar-refractivity contribution >= 4 is 8.32 Å². The summed E-state index contributed by atoms with van der Waals surface area (Å²) in [5.41, 5.74) is 0. The second-order valence-corrected chi connectivity index (χ2v) is 9.53. The van der Waals surface area contributed by atoms with Crippen LogP contribution in [0.5, 0.6) is 0 Å². The van der Waals surface area contributed by atoms with Gasteiger partial charge in [0.1, 0.15) is 0 Å². The molecule has 0 saturated carbocycles. The van der Waals surface area contributed by atoms with Crippen LogP contribution in [0.3, 0.4) is 0 Å². The zero-order valence-corrected chi connectivity index (χ0v) is 14.2. The molecule has 0 atom stereocenters. The van der Waals surface area contributed by atoms with E-state index >= 15 is 0 Å². The molecule has 0 aliphatic heterocycles. The first-order chi connectivity index (χ1) is 9.24. The highest BCUT2D eigenvalue weighted by Gasteiger charge is 2.32. The minimum Gasteiger partial charge on any atom is -0.413 e. The maximum atomic E-state index is 6.39. The van der Waals surface area contributed by atoms with E-state index in [9.17, 15) is 0 Å². The van der Waals surface area contributed by atoms with Gasteiger partial charge in [0.05, 0.1) is 6.61 Å². The smallest absolute Gasteiger partial charge is 0.193 e. The van der Waals surface area contributed by atoms with Crippen molar-refractivity contribution in [3.05, 3.63) is 12.2 Å². The van der Waals surface area contributed by atoms with Crippen molar-refractivity contribution in [2.45, 2.75) is 77.4 Å². The van der Waals surface area contributed by atoms with Crippen LogP contribution in [0.15, 0.2) is 12.2 Å². The van der Waals surface area contributed by atoms with E-state index in [2.05, 4.69) is 26.7 Å². The van der Waals surface area contributed by atoms with E-state index in [0.717, 1.165) is 0 Å². The minimum absolute atomic E-state index is 0.716. The van der Waals surface area contributed by atoms with Crippen LogP contribution in [0.4, 0.5) is 0 Å². The molecule has 0 saturated heterocycles. The first-order valence-electron chi connectivity index (χ1n) is 7.99. The van der Waals surface area contributed by atoms with Crippen LogP contribution in [-0.4, -0.2) is 14.9 Å². The average Bonchev–Trinajstić information content (AvgIpc) is 2.44. The Morgan fingerprint density at radius 3 is 1.79 bits per heavy atom. The standard InChI is InChI=1S/C17H32OSi/c1-5-9-13-14-18-19(15-10-6-2,16-11-7-3)17-12-8-4/h1,9,13H,6-8,10-12,14-17H2,2-4H3/b13-9+. The number of hydrogen-bond acceptors (Lipinski definition) is 1. The molecule has 1 nitrogen and oxygen atoms in total. The van der Waals surface area contributed by atoms with Crippen LogP contribution in [0.2, 0.25) is 18.1 Å². The Bertz CT molecular complexity index is 243. The minimum atomic E-state index is -1.53. The van der Waals surface area contributed by atoms with Crippen molar-refractivity contribution in [1.29, 1.82) is 0 Å². The quantitative estimate of drug-likeness (QED) is 0.337. The summed E-state index contributed by atoms with van der Waals surface area (Å²) in [5, 5.41) is 0. The summed E-state index contributed by atoms with van der Waals surface area (Å²) in [5.74, 6) is 2.54. The number of hydrogen-bond donors (Lipinski definition) is 0. The molecule has 19 heavy (non-hydrogen) atoms. The molecule has 0 unspecified atom stereocenters. The number of terminal acetylenes is 1. The molecule has 110 valence electrons. The van der Waals surface area contributed by atoms with Gasteiger partial charge in [-0.2, -0.15) is 0 Å². The monoisotopic (exact) mass is 280 g/mol. The summed E-state index contributed by atoms with van der Waals surface area (Å²) in [6.07, 6.45) is 16.8. The van der Waals surface area contributed by atoms with Gasteiger partial charge >= 0.3 is 0 Å². The largest absolute Gasteiger partial charge is 0.413 e. The summed E-state index contributed by atoms with van der Waals surface area (Å²) in [7, 11) is -1.53. The lowest BCUT2D eigenvalue weighted by molar-refractivity contribution is 0.335. The fourth-order valence-electron chi connectivity index (χ4n) is 2.43. The molecule has 0 aliphatic carbocycles. The molecule has 0 aromatic rings. The van der Waals surface area contributed by atoms with Crippen molar-refractivity contribution in [2.24, 2.45) is 0 Å². The Morgan fingerprint density at radius 2 is 1.42 bits per heavy atom. The van der Waals surface area contributed by atoms with Gasteiger partial charge in [-0.1, -0.05) is 71.3 Å². The van der Waals surface area contributed by atoms with Crippen LogP contribution in [0, 0.1) is 12.3 Å². The molecule has 0 aromatic heterocycles. The second kappa shape index (κ2) is 12.5. The molecule has 0 bridgehead atoms. The maximum Gasteiger partial charge on any atom is 0.193 e. The van der Waals surface area contributed by atoms with E-state index in [1.807, 2.05) is 6.08 Å². The number of rotatable bonds is 12. The summed E-state index contributed by atoms with van der Waals surface area (Å²) in [6.45, 7) is 7.54. The van der Waals surface area contributed by atoms with E-state index in [0.29, 0.717) is 6.61 Å². The number of allylic oxidation sites excluding steroid dienone is 1. The molecule has 0 rings (SSSR count). The Labute approximate surface area is 122 Å². The van der Waals surface area contributed by atoms with Gasteiger partial charge in [0.15, 0.2) is 8.32 Å². The molecule has 0 fully saturated rings. The molecule has 0 amide bonds. The van der Waals surface area contributed by atoms with Crippen LogP contribution >= 0.6 is 0 Å². The summed E-state index contributed by atoms with van der Waals surface area (Å²) >= 11 is 0. The van der Waals surface area contributed by atoms with Gasteiger partial charge in [-0.25, -0.2) is 0 Å². The lowest BCUT2D eigenvalue weighted by Gasteiger charge is -2.31. The van der Waals surface area contributed by atoms with Crippen molar-refractivity contribution in [1.82, 2.24) is 0 Å². The highest BCUT2D eigenvalue weighted by atomic mass is 28.4. The van der Waals surface area contributed by atoms with Crippen LogP contribution in [-0.2, 0) is 4.43 Å². The van der Waals surface area contributed by atoms with E-state index in [4.69, 9.17) is 10.8 Å². The molecule has 0 spiro atoms. The zero-order valence-electron chi connectivity index (χ0n) is 13.2. The maximum absolute atomic E-state index is 6.39. The lowest BCUT2D eigenvalue weighted by atomic mass is 10.4. The third-order valence-corrected chi connectivity index (χ3v) is 8.23. The zero-order chi connectivity index (χ0) is 14.4. The summed E-state index contributed by atoms with van der Waals surface area (Å²) in [6, 6.07) is 3.98. The highest BCUT2D eigenvalue weighted by molar-refractivity contribution is 6.73. The van der Waals surface area contributed by atoms with Crippen molar-refractivity contribution in [3.8, 4) is 12.3 Å². The molecule has 0 N–H and O–H groups in total. The normalized spacial score (nSPS) is 11.9. The average molecular weight is 281 g/mol. The van der Waals surface area contributed by atoms with E-state index < -0.39 is 8.32 Å². The van der Waals surface area contributed by atoms with Gasteiger partial charge in [0, 0.05) is 0 Å². The van der Waals surface area contributed by atoms with Crippen LogP contribution in [0.25, 0.3) is 0 Å². The van der Waals surface area contributed by atoms with E-state index in [1.54, 1.807) is 6.08 Å². The predicted molar refractivity (Wildman–Crippen MR) is 88.8 cm³/mol. The molecule has 0 radical (unpaired) electrons. The molecular weight excluding hydrogens is 248 g/mol. The van der Waals surface area contributed by atoms with Crippen molar-refractivity contribution < 1.29 is 4.43 Å².